The highest BCUT2D eigenvalue weighted by atomic mass is 32.2. The highest BCUT2D eigenvalue weighted by Gasteiger charge is 2.48. The van der Waals surface area contributed by atoms with Gasteiger partial charge in [0.25, 0.3) is 0 Å². The summed E-state index contributed by atoms with van der Waals surface area (Å²) in [5.74, 6) is -0.240. The van der Waals surface area contributed by atoms with E-state index in [2.05, 4.69) is 30.2 Å². The maximum Gasteiger partial charge on any atom is 0.332 e. The molecule has 1 unspecified atom stereocenters. The summed E-state index contributed by atoms with van der Waals surface area (Å²) in [6.45, 7) is 0. The van der Waals surface area contributed by atoms with Crippen molar-refractivity contribution in [2.24, 2.45) is 15.2 Å². The van der Waals surface area contributed by atoms with Crippen LogP contribution < -0.4 is 9.47 Å². The molecular weight excluding hydrogens is 276 g/mol. The first-order valence-corrected chi connectivity index (χ1v) is 6.82. The van der Waals surface area contributed by atoms with Gasteiger partial charge in [-0.1, -0.05) is 0 Å². The van der Waals surface area contributed by atoms with E-state index in [0.717, 1.165) is 12.6 Å². The first-order valence-electron chi connectivity index (χ1n) is 4.93. The van der Waals surface area contributed by atoms with E-state index >= 15 is 0 Å². The van der Waals surface area contributed by atoms with Crippen molar-refractivity contribution < 1.29 is 17.9 Å². The molecule has 2 rings (SSSR count). The average molecular weight is 286 g/mol. The van der Waals surface area contributed by atoms with Crippen LogP contribution in [-0.4, -0.2) is 50.2 Å². The lowest BCUT2D eigenvalue weighted by Crippen LogP contribution is -2.32. The first-order chi connectivity index (χ1) is 8.93. The average Bonchev–Trinajstić information content (AvgIpc) is 2.88. The van der Waals surface area contributed by atoms with Gasteiger partial charge in [-0.2, -0.15) is 9.97 Å². The molecule has 19 heavy (non-hydrogen) atoms. The van der Waals surface area contributed by atoms with Gasteiger partial charge < -0.3 is 9.47 Å². The molecule has 0 amide bonds. The zero-order valence-electron chi connectivity index (χ0n) is 10.3. The molecule has 0 bridgehead atoms. The standard InChI is InChI=1S/C8H10N6O4S/c1-17-6-11-5(12-7(13-6)18-2)8(19(3,15)16)9-4-10-14-8/h4H,1-3H3. The van der Waals surface area contributed by atoms with Crippen molar-refractivity contribution in [2.75, 3.05) is 20.5 Å². The van der Waals surface area contributed by atoms with Crippen molar-refractivity contribution in [3.63, 3.8) is 0 Å². The molecule has 102 valence electrons. The predicted octanol–water partition coefficient (Wildman–Crippen LogP) is -0.462. The van der Waals surface area contributed by atoms with E-state index in [4.69, 9.17) is 9.47 Å². The molecule has 0 fully saturated rings. The van der Waals surface area contributed by atoms with Crippen LogP contribution in [0.4, 0.5) is 0 Å². The van der Waals surface area contributed by atoms with Crippen LogP contribution in [0.3, 0.4) is 0 Å². The fourth-order valence-electron chi connectivity index (χ4n) is 1.34. The summed E-state index contributed by atoms with van der Waals surface area (Å²) in [7, 11) is -1.14. The van der Waals surface area contributed by atoms with Crippen LogP contribution >= 0.6 is 0 Å². The number of hydrogen-bond donors (Lipinski definition) is 0. The Labute approximate surface area is 108 Å². The van der Waals surface area contributed by atoms with E-state index in [1.807, 2.05) is 0 Å². The third kappa shape index (κ3) is 2.12. The van der Waals surface area contributed by atoms with Crippen molar-refractivity contribution in [2.45, 2.75) is 4.99 Å². The zero-order chi connectivity index (χ0) is 14.1. The number of methoxy groups -OCH3 is 2. The van der Waals surface area contributed by atoms with Gasteiger partial charge in [-0.05, 0) is 0 Å². The zero-order valence-corrected chi connectivity index (χ0v) is 11.1. The lowest BCUT2D eigenvalue weighted by Gasteiger charge is -2.17. The number of ether oxygens (including phenoxy) is 2. The van der Waals surface area contributed by atoms with Gasteiger partial charge in [0.15, 0.2) is 0 Å². The highest BCUT2D eigenvalue weighted by molar-refractivity contribution is 7.91. The minimum atomic E-state index is -3.79. The third-order valence-corrected chi connectivity index (χ3v) is 3.65. The number of nitrogens with zero attached hydrogens (tertiary/aromatic N) is 6. The van der Waals surface area contributed by atoms with Gasteiger partial charge in [-0.25, -0.2) is 13.4 Å². The van der Waals surface area contributed by atoms with Gasteiger partial charge in [0.05, 0.1) is 14.2 Å². The molecule has 1 aliphatic rings. The third-order valence-electron chi connectivity index (χ3n) is 2.25. The first kappa shape index (κ1) is 13.3. The summed E-state index contributed by atoms with van der Waals surface area (Å²) >= 11 is 0. The number of sulfone groups is 1. The largest absolute Gasteiger partial charge is 0.467 e. The van der Waals surface area contributed by atoms with E-state index < -0.39 is 14.8 Å². The Kier molecular flexibility index (Phi) is 3.14. The molecule has 0 N–H and O–H groups in total. The maximum atomic E-state index is 11.9. The van der Waals surface area contributed by atoms with E-state index in [1.165, 1.54) is 14.2 Å². The van der Waals surface area contributed by atoms with E-state index in [0.29, 0.717) is 0 Å². The summed E-state index contributed by atoms with van der Waals surface area (Å²) < 4.78 is 33.5. The van der Waals surface area contributed by atoms with Crippen molar-refractivity contribution in [3.05, 3.63) is 5.82 Å². The van der Waals surface area contributed by atoms with E-state index in [-0.39, 0.29) is 17.8 Å². The molecule has 1 aromatic heterocycles. The second kappa shape index (κ2) is 4.50. The Morgan fingerprint density at radius 1 is 1.11 bits per heavy atom. The fraction of sp³-hybridized carbons (Fsp3) is 0.500. The van der Waals surface area contributed by atoms with E-state index in [1.54, 1.807) is 0 Å². The molecule has 0 aromatic carbocycles. The molecule has 0 saturated carbocycles. The molecule has 10 nitrogen and oxygen atoms in total. The Morgan fingerprint density at radius 2 is 1.68 bits per heavy atom. The minimum absolute atomic E-state index is 0.109. The van der Waals surface area contributed by atoms with Gasteiger partial charge >= 0.3 is 17.0 Å². The monoisotopic (exact) mass is 286 g/mol. The Balaban J connectivity index is 2.68. The summed E-state index contributed by atoms with van der Waals surface area (Å²) in [6.07, 6.45) is 1.97. The Hall–Kier alpha value is -2.17. The van der Waals surface area contributed by atoms with Crippen LogP contribution in [0.1, 0.15) is 5.82 Å². The molecule has 11 heteroatoms. The van der Waals surface area contributed by atoms with Crippen molar-refractivity contribution in [3.8, 4) is 12.0 Å². The molecule has 0 aliphatic carbocycles. The topological polar surface area (TPSA) is 128 Å². The number of azo groups is 1. The van der Waals surface area contributed by atoms with Crippen LogP contribution in [0.2, 0.25) is 0 Å². The lowest BCUT2D eigenvalue weighted by molar-refractivity contribution is 0.332. The predicted molar refractivity (Wildman–Crippen MR) is 62.8 cm³/mol. The second-order valence-electron chi connectivity index (χ2n) is 3.47. The smallest absolute Gasteiger partial charge is 0.332 e. The maximum absolute atomic E-state index is 11.9. The molecule has 2 heterocycles. The van der Waals surface area contributed by atoms with Gasteiger partial charge in [-0.15, -0.1) is 15.2 Å². The summed E-state index contributed by atoms with van der Waals surface area (Å²) in [4.78, 5) is 13.2. The fourth-order valence-corrected chi connectivity index (χ4v) is 2.20. The molecule has 1 atom stereocenters. The Morgan fingerprint density at radius 3 is 2.05 bits per heavy atom. The summed E-state index contributed by atoms with van der Waals surface area (Å²) in [5.41, 5.74) is 0. The molecule has 0 spiro atoms. The van der Waals surface area contributed by atoms with Gasteiger partial charge in [-0.3, -0.25) is 0 Å². The molecule has 0 saturated heterocycles. The number of rotatable bonds is 4. The van der Waals surface area contributed by atoms with Crippen LogP contribution in [0.5, 0.6) is 12.0 Å². The van der Waals surface area contributed by atoms with Gasteiger partial charge in [0, 0.05) is 6.26 Å². The molecular formula is C8H10N6O4S. The number of hydrogen-bond acceptors (Lipinski definition) is 10. The van der Waals surface area contributed by atoms with Crippen LogP contribution in [0, 0.1) is 0 Å². The van der Waals surface area contributed by atoms with Gasteiger partial charge in [0.2, 0.25) is 15.7 Å². The highest BCUT2D eigenvalue weighted by Crippen LogP contribution is 2.34. The van der Waals surface area contributed by atoms with Crippen LogP contribution in [0.15, 0.2) is 15.2 Å². The number of aromatic nitrogens is 3. The normalized spacial score (nSPS) is 21.6. The molecule has 1 aliphatic heterocycles. The Bertz CT molecular complexity index is 621. The van der Waals surface area contributed by atoms with Crippen LogP contribution in [0.25, 0.3) is 0 Å². The van der Waals surface area contributed by atoms with Gasteiger partial charge in [0.1, 0.15) is 6.34 Å². The summed E-state index contributed by atoms with van der Waals surface area (Å²) in [5, 5.41) is 7.07. The quantitative estimate of drug-likeness (QED) is 0.732. The number of aliphatic imine (C=N–C) groups is 1. The SMILES string of the molecule is COc1nc(OC)nc(C2(S(C)(=O)=O)N=CN=N2)n1. The van der Waals surface area contributed by atoms with Crippen LogP contribution in [-0.2, 0) is 14.8 Å². The lowest BCUT2D eigenvalue weighted by atomic mass is 10.5. The van der Waals surface area contributed by atoms with E-state index in [9.17, 15) is 8.42 Å². The minimum Gasteiger partial charge on any atom is -0.467 e. The molecule has 1 aromatic rings. The van der Waals surface area contributed by atoms with Crippen molar-refractivity contribution >= 4 is 16.2 Å². The second-order valence-corrected chi connectivity index (χ2v) is 5.59. The van der Waals surface area contributed by atoms with Crippen molar-refractivity contribution in [1.82, 2.24) is 15.0 Å². The summed E-state index contributed by atoms with van der Waals surface area (Å²) in [6, 6.07) is -0.218. The molecule has 0 radical (unpaired) electrons. The van der Waals surface area contributed by atoms with Crippen molar-refractivity contribution in [1.29, 1.82) is 0 Å².